The number of fused-ring (bicyclic) bond motifs is 2. The van der Waals surface area contributed by atoms with Gasteiger partial charge in [-0.1, -0.05) is 55.4 Å². The van der Waals surface area contributed by atoms with Crippen molar-refractivity contribution in [2.75, 3.05) is 6.79 Å². The molecule has 0 bridgehead atoms. The minimum atomic E-state index is -0.199. The highest BCUT2D eigenvalue weighted by Crippen LogP contribution is 2.36. The molecule has 1 aromatic heterocycles. The Morgan fingerprint density at radius 2 is 1.96 bits per heavy atom. The van der Waals surface area contributed by atoms with Crippen LogP contribution in [0, 0.1) is 12.3 Å². The van der Waals surface area contributed by atoms with E-state index in [1.165, 1.54) is 16.9 Å². The van der Waals surface area contributed by atoms with Gasteiger partial charge in [0.2, 0.25) is 6.79 Å². The van der Waals surface area contributed by atoms with Gasteiger partial charge in [0.1, 0.15) is 0 Å². The highest BCUT2D eigenvalue weighted by atomic mass is 32.1. The first-order valence-corrected chi connectivity index (χ1v) is 9.89. The van der Waals surface area contributed by atoms with E-state index in [4.69, 9.17) is 15.9 Å². The van der Waals surface area contributed by atoms with E-state index in [2.05, 4.69) is 36.9 Å². The number of carbonyl (C=O) groups excluding carboxylic acids is 1. The Morgan fingerprint density at radius 3 is 2.64 bits per heavy atom. The molecule has 0 radical (unpaired) electrons. The van der Waals surface area contributed by atoms with Crippen molar-refractivity contribution in [2.45, 2.75) is 32.7 Å². The maximum absolute atomic E-state index is 12.6. The molecule has 1 aliphatic rings. The van der Waals surface area contributed by atoms with Gasteiger partial charge in [0.05, 0.1) is 23.2 Å². The first kappa shape index (κ1) is 18.3. The Hall–Kier alpha value is -3.04. The minimum Gasteiger partial charge on any atom is -0.454 e. The van der Waals surface area contributed by atoms with Crippen LogP contribution in [0.1, 0.15) is 30.9 Å². The van der Waals surface area contributed by atoms with Crippen LogP contribution in [0.2, 0.25) is 0 Å². The summed E-state index contributed by atoms with van der Waals surface area (Å²) in [7, 11) is 0. The maximum Gasteiger partial charge on any atom is 0.252 e. The summed E-state index contributed by atoms with van der Waals surface area (Å²) in [6, 6.07) is 11.9. The number of terminal acetylenes is 1. The number of benzene rings is 2. The van der Waals surface area contributed by atoms with Crippen molar-refractivity contribution in [3.05, 3.63) is 52.3 Å². The highest BCUT2D eigenvalue weighted by molar-refractivity contribution is 7.16. The van der Waals surface area contributed by atoms with Crippen molar-refractivity contribution in [1.82, 2.24) is 4.57 Å². The summed E-state index contributed by atoms with van der Waals surface area (Å²) in [6.07, 6.45) is 5.79. The van der Waals surface area contributed by atoms with Crippen LogP contribution in [0.5, 0.6) is 11.5 Å². The van der Waals surface area contributed by atoms with Gasteiger partial charge in [-0.3, -0.25) is 4.79 Å². The molecule has 0 N–H and O–H groups in total. The van der Waals surface area contributed by atoms with Crippen LogP contribution in [0.15, 0.2) is 41.4 Å². The minimum absolute atomic E-state index is 0.199. The number of amides is 1. The monoisotopic (exact) mass is 392 g/mol. The number of hydrogen-bond acceptors (Lipinski definition) is 4. The van der Waals surface area contributed by atoms with Gasteiger partial charge in [0.15, 0.2) is 16.3 Å². The van der Waals surface area contributed by atoms with Gasteiger partial charge in [-0.15, -0.1) is 6.42 Å². The largest absolute Gasteiger partial charge is 0.454 e. The van der Waals surface area contributed by atoms with Crippen molar-refractivity contribution in [3.8, 4) is 23.8 Å². The van der Waals surface area contributed by atoms with Crippen molar-refractivity contribution in [1.29, 1.82) is 0 Å². The molecule has 1 amide bonds. The predicted octanol–water partition coefficient (Wildman–Crippen LogP) is 3.86. The van der Waals surface area contributed by atoms with Crippen molar-refractivity contribution >= 4 is 27.5 Å². The summed E-state index contributed by atoms with van der Waals surface area (Å²) in [4.78, 5) is 17.5. The van der Waals surface area contributed by atoms with Gasteiger partial charge in [0, 0.05) is 12.1 Å². The topological polar surface area (TPSA) is 52.8 Å². The third-order valence-corrected chi connectivity index (χ3v) is 5.69. The summed E-state index contributed by atoms with van der Waals surface area (Å²) in [5.74, 6) is 4.28. The summed E-state index contributed by atoms with van der Waals surface area (Å²) < 4.78 is 13.7. The number of carbonyl (C=O) groups is 1. The van der Waals surface area contributed by atoms with Crippen LogP contribution < -0.4 is 14.3 Å². The first-order valence-electron chi connectivity index (χ1n) is 9.08. The zero-order chi connectivity index (χ0) is 19.7. The lowest BCUT2D eigenvalue weighted by atomic mass is 10.0. The Labute approximate surface area is 167 Å². The van der Waals surface area contributed by atoms with Crippen LogP contribution in [-0.4, -0.2) is 17.3 Å². The summed E-state index contributed by atoms with van der Waals surface area (Å²) in [5.41, 5.74) is 3.09. The SMILES string of the molecule is C#CCn1c(=NC(=O)Cc2ccc(C(C)C)cc2)sc2cc3c(cc21)OCO3. The van der Waals surface area contributed by atoms with Crippen molar-refractivity contribution in [3.63, 3.8) is 0 Å². The summed E-state index contributed by atoms with van der Waals surface area (Å²) in [5, 5.41) is 0. The smallest absolute Gasteiger partial charge is 0.252 e. The van der Waals surface area contributed by atoms with Gasteiger partial charge in [-0.05, 0) is 17.0 Å². The van der Waals surface area contributed by atoms with Crippen LogP contribution >= 0.6 is 11.3 Å². The first-order chi connectivity index (χ1) is 13.5. The molecule has 1 aliphatic heterocycles. The van der Waals surface area contributed by atoms with E-state index in [1.54, 1.807) is 0 Å². The molecular weight excluding hydrogens is 372 g/mol. The molecule has 0 aliphatic carbocycles. The van der Waals surface area contributed by atoms with Gasteiger partial charge < -0.3 is 14.0 Å². The molecule has 0 fully saturated rings. The zero-order valence-electron chi connectivity index (χ0n) is 15.8. The van der Waals surface area contributed by atoms with E-state index in [0.29, 0.717) is 28.8 Å². The van der Waals surface area contributed by atoms with E-state index in [9.17, 15) is 4.79 Å². The summed E-state index contributed by atoms with van der Waals surface area (Å²) in [6.45, 7) is 4.84. The van der Waals surface area contributed by atoms with Gasteiger partial charge in [-0.2, -0.15) is 4.99 Å². The highest BCUT2D eigenvalue weighted by Gasteiger charge is 2.17. The Morgan fingerprint density at radius 1 is 1.25 bits per heavy atom. The van der Waals surface area contributed by atoms with Crippen LogP contribution in [0.25, 0.3) is 10.2 Å². The number of rotatable bonds is 4. The Bertz CT molecular complexity index is 1150. The van der Waals surface area contributed by atoms with E-state index in [0.717, 1.165) is 15.8 Å². The molecular formula is C22H20N2O3S. The van der Waals surface area contributed by atoms with E-state index < -0.39 is 0 Å². The number of thiazole rings is 1. The molecule has 28 heavy (non-hydrogen) atoms. The molecule has 0 spiro atoms. The Kier molecular flexibility index (Phi) is 4.93. The average molecular weight is 392 g/mol. The number of ether oxygens (including phenoxy) is 2. The quantitative estimate of drug-likeness (QED) is 0.634. The summed E-state index contributed by atoms with van der Waals surface area (Å²) >= 11 is 1.42. The number of aromatic nitrogens is 1. The normalized spacial score (nSPS) is 13.3. The lowest BCUT2D eigenvalue weighted by Crippen LogP contribution is -2.17. The lowest BCUT2D eigenvalue weighted by Gasteiger charge is -2.05. The second-order valence-electron chi connectivity index (χ2n) is 6.93. The molecule has 0 saturated heterocycles. The molecule has 0 saturated carbocycles. The Balaban J connectivity index is 1.67. The van der Waals surface area contributed by atoms with E-state index in [1.807, 2.05) is 28.8 Å². The molecule has 3 aromatic rings. The molecule has 142 valence electrons. The van der Waals surface area contributed by atoms with Crippen molar-refractivity contribution in [2.24, 2.45) is 4.99 Å². The fourth-order valence-corrected chi connectivity index (χ4v) is 4.19. The standard InChI is InChI=1S/C22H20N2O3S/c1-4-9-24-17-11-18-19(27-13-26-18)12-20(17)28-22(24)23-21(25)10-15-5-7-16(8-6-15)14(2)3/h1,5-8,11-12,14H,9-10,13H2,2-3H3. The molecule has 2 aromatic carbocycles. The molecule has 4 rings (SSSR count). The van der Waals surface area contributed by atoms with Crippen molar-refractivity contribution < 1.29 is 14.3 Å². The lowest BCUT2D eigenvalue weighted by molar-refractivity contribution is -0.117. The second-order valence-corrected chi connectivity index (χ2v) is 7.94. The van der Waals surface area contributed by atoms with Gasteiger partial charge >= 0.3 is 0 Å². The molecule has 6 heteroatoms. The predicted molar refractivity (Wildman–Crippen MR) is 110 cm³/mol. The van der Waals surface area contributed by atoms with Crippen LogP contribution in [0.4, 0.5) is 0 Å². The third-order valence-electron chi connectivity index (χ3n) is 4.65. The molecule has 5 nitrogen and oxygen atoms in total. The molecule has 0 unspecified atom stereocenters. The number of nitrogens with zero attached hydrogens (tertiary/aromatic N) is 2. The zero-order valence-corrected chi connectivity index (χ0v) is 16.6. The van der Waals surface area contributed by atoms with Gasteiger partial charge in [-0.25, -0.2) is 0 Å². The van der Waals surface area contributed by atoms with E-state index in [-0.39, 0.29) is 19.1 Å². The third kappa shape index (κ3) is 3.54. The fourth-order valence-electron chi connectivity index (χ4n) is 3.13. The maximum atomic E-state index is 12.6. The molecule has 2 heterocycles. The van der Waals surface area contributed by atoms with Gasteiger partial charge in [0.25, 0.3) is 5.91 Å². The average Bonchev–Trinajstić information content (AvgIpc) is 3.25. The van der Waals surface area contributed by atoms with Crippen LogP contribution in [-0.2, 0) is 17.8 Å². The second kappa shape index (κ2) is 7.53. The van der Waals surface area contributed by atoms with E-state index >= 15 is 0 Å². The van der Waals surface area contributed by atoms with Crippen LogP contribution in [0.3, 0.4) is 0 Å². The fraction of sp³-hybridized carbons (Fsp3) is 0.273. The molecule has 0 atom stereocenters. The number of hydrogen-bond donors (Lipinski definition) is 0.